The van der Waals surface area contributed by atoms with Crippen molar-refractivity contribution in [1.82, 2.24) is 4.90 Å². The number of aldehydes is 1. The number of rotatable bonds is 7. The second-order valence-electron chi connectivity index (χ2n) is 5.31. The van der Waals surface area contributed by atoms with Gasteiger partial charge in [-0.15, -0.1) is 10.5 Å². The van der Waals surface area contributed by atoms with E-state index in [0.717, 1.165) is 42.7 Å². The molecule has 1 heterocycles. The minimum absolute atomic E-state index is 0.0718. The Hall–Kier alpha value is -1.81. The van der Waals surface area contributed by atoms with Crippen molar-refractivity contribution in [3.05, 3.63) is 51.4 Å². The van der Waals surface area contributed by atoms with E-state index in [1.165, 1.54) is 5.70 Å². The monoisotopic (exact) mass is 331 g/mol. The van der Waals surface area contributed by atoms with Crippen LogP contribution in [0, 0.1) is 0 Å². The summed E-state index contributed by atoms with van der Waals surface area (Å²) in [5.74, 6) is 0.788. The molecule has 1 aliphatic rings. The zero-order valence-electron chi connectivity index (χ0n) is 14.3. The third kappa shape index (κ3) is 3.94. The van der Waals surface area contributed by atoms with Crippen LogP contribution in [0.25, 0.3) is 0 Å². The number of allylic oxidation sites excluding steroid dienone is 1. The zero-order valence-corrected chi connectivity index (χ0v) is 15.2. The van der Waals surface area contributed by atoms with Crippen LogP contribution in [-0.4, -0.2) is 36.8 Å². The van der Waals surface area contributed by atoms with E-state index in [9.17, 15) is 4.79 Å². The molecule has 1 aliphatic heterocycles. The average Bonchev–Trinajstić information content (AvgIpc) is 3.03. The smallest absolute Gasteiger partial charge is 0.150 e. The number of hydrogen-bond donors (Lipinski definition) is 0. The minimum atomic E-state index is -0.0718. The molecule has 0 N–H and O–H groups in total. The number of ether oxygens (including phenoxy) is 1. The standard InChI is InChI=1S/C19H25NO2S/c1-5-15-10-17(16(12-21)11-19(15)22-4)13-23-9-8-18(14-23)20(6-2)7-3/h8-14H,5-7H2,1-4H3. The van der Waals surface area contributed by atoms with Gasteiger partial charge in [0.05, 0.1) is 7.11 Å². The largest absolute Gasteiger partial charge is 0.496 e. The van der Waals surface area contributed by atoms with E-state index in [2.05, 4.69) is 54.0 Å². The van der Waals surface area contributed by atoms with Gasteiger partial charge < -0.3 is 9.64 Å². The third-order valence-electron chi connectivity index (χ3n) is 4.04. The highest BCUT2D eigenvalue weighted by Gasteiger charge is 2.10. The number of carbonyl (C=O) groups excluding carboxylic acids is 1. The summed E-state index contributed by atoms with van der Waals surface area (Å²) in [6.45, 7) is 8.44. The van der Waals surface area contributed by atoms with Crippen molar-refractivity contribution < 1.29 is 9.53 Å². The van der Waals surface area contributed by atoms with Gasteiger partial charge in [0.2, 0.25) is 0 Å². The molecule has 1 aromatic rings. The molecule has 0 radical (unpaired) electrons. The number of likely N-dealkylation sites (N-methyl/N-ethyl adjacent to an activating group) is 1. The van der Waals surface area contributed by atoms with Crippen LogP contribution in [-0.2, 0) is 6.42 Å². The molecule has 124 valence electrons. The van der Waals surface area contributed by atoms with E-state index in [-0.39, 0.29) is 10.5 Å². The summed E-state index contributed by atoms with van der Waals surface area (Å²) in [5, 5.41) is 6.66. The number of hydrogen-bond acceptors (Lipinski definition) is 3. The first kappa shape index (κ1) is 17.5. The molecule has 1 unspecified atom stereocenters. The molecule has 0 aliphatic carbocycles. The fourth-order valence-electron chi connectivity index (χ4n) is 2.68. The second kappa shape index (κ2) is 8.16. The first-order valence-corrected chi connectivity index (χ1v) is 9.44. The summed E-state index contributed by atoms with van der Waals surface area (Å²) in [7, 11) is 1.57. The lowest BCUT2D eigenvalue weighted by molar-refractivity contribution is 0.112. The van der Waals surface area contributed by atoms with Crippen molar-refractivity contribution in [2.24, 2.45) is 0 Å². The summed E-state index contributed by atoms with van der Waals surface area (Å²) in [6.07, 6.45) is 3.97. The molecule has 2 rings (SSSR count). The van der Waals surface area contributed by atoms with Gasteiger partial charge in [-0.25, -0.2) is 0 Å². The zero-order chi connectivity index (χ0) is 16.8. The molecule has 0 saturated carbocycles. The van der Waals surface area contributed by atoms with Crippen molar-refractivity contribution in [3.63, 3.8) is 0 Å². The maximum Gasteiger partial charge on any atom is 0.150 e. The quantitative estimate of drug-likeness (QED) is 0.554. The van der Waals surface area contributed by atoms with Crippen LogP contribution in [0.4, 0.5) is 0 Å². The molecule has 0 aromatic heterocycles. The lowest BCUT2D eigenvalue weighted by Gasteiger charge is -2.20. The van der Waals surface area contributed by atoms with E-state index in [1.54, 1.807) is 7.11 Å². The van der Waals surface area contributed by atoms with E-state index in [0.29, 0.717) is 5.56 Å². The summed E-state index contributed by atoms with van der Waals surface area (Å²) in [5.41, 5.74) is 4.07. The molecule has 0 amide bonds. The summed E-state index contributed by atoms with van der Waals surface area (Å²) in [4.78, 5) is 13.8. The highest BCUT2D eigenvalue weighted by Crippen LogP contribution is 2.31. The van der Waals surface area contributed by atoms with Crippen LogP contribution in [0.15, 0.2) is 34.7 Å². The number of benzene rings is 1. The maximum absolute atomic E-state index is 11.4. The van der Waals surface area contributed by atoms with Gasteiger partial charge in [0.1, 0.15) is 5.75 Å². The van der Waals surface area contributed by atoms with E-state index in [1.807, 2.05) is 6.07 Å². The van der Waals surface area contributed by atoms with Crippen molar-refractivity contribution in [3.8, 4) is 5.75 Å². The highest BCUT2D eigenvalue weighted by molar-refractivity contribution is 8.20. The lowest BCUT2D eigenvalue weighted by atomic mass is 10.0. The number of aryl methyl sites for hydroxylation is 1. The Kier molecular flexibility index (Phi) is 6.22. The summed E-state index contributed by atoms with van der Waals surface area (Å²) >= 11 is 0. The van der Waals surface area contributed by atoms with Gasteiger partial charge in [-0.2, -0.15) is 0 Å². The Morgan fingerprint density at radius 3 is 2.48 bits per heavy atom. The Morgan fingerprint density at radius 1 is 1.17 bits per heavy atom. The maximum atomic E-state index is 11.4. The third-order valence-corrected chi connectivity index (χ3v) is 5.53. The Bertz CT molecular complexity index is 670. The number of carbonyl (C=O) groups is 1. The Balaban J connectivity index is 2.40. The summed E-state index contributed by atoms with van der Waals surface area (Å²) < 4.78 is 5.38. The predicted molar refractivity (Wildman–Crippen MR) is 101 cm³/mol. The minimum Gasteiger partial charge on any atom is -0.496 e. The van der Waals surface area contributed by atoms with Crippen molar-refractivity contribution in [2.45, 2.75) is 27.2 Å². The highest BCUT2D eigenvalue weighted by atomic mass is 32.2. The summed E-state index contributed by atoms with van der Waals surface area (Å²) in [6, 6.07) is 3.92. The topological polar surface area (TPSA) is 29.5 Å². The van der Waals surface area contributed by atoms with Gasteiger partial charge in [-0.3, -0.25) is 4.79 Å². The van der Waals surface area contributed by atoms with Crippen molar-refractivity contribution in [1.29, 1.82) is 0 Å². The molecular weight excluding hydrogens is 306 g/mol. The molecule has 4 heteroatoms. The normalized spacial score (nSPS) is 16.5. The first-order chi connectivity index (χ1) is 11.2. The SMILES string of the molecule is CCc1cc(C=S2C=CC(N(CC)CC)=C2)c(C=O)cc1OC. The Morgan fingerprint density at radius 2 is 1.91 bits per heavy atom. The van der Waals surface area contributed by atoms with Gasteiger partial charge in [0, 0.05) is 24.4 Å². The van der Waals surface area contributed by atoms with Crippen LogP contribution >= 0.6 is 10.5 Å². The fourth-order valence-corrected chi connectivity index (χ4v) is 4.21. The molecule has 3 nitrogen and oxygen atoms in total. The van der Waals surface area contributed by atoms with Crippen LogP contribution in [0.1, 0.15) is 42.3 Å². The van der Waals surface area contributed by atoms with E-state index < -0.39 is 0 Å². The number of nitrogens with zero attached hydrogens (tertiary/aromatic N) is 1. The van der Waals surface area contributed by atoms with Crippen LogP contribution in [0.3, 0.4) is 0 Å². The first-order valence-electron chi connectivity index (χ1n) is 8.03. The average molecular weight is 331 g/mol. The van der Waals surface area contributed by atoms with Gasteiger partial charge >= 0.3 is 0 Å². The Labute approximate surface area is 141 Å². The van der Waals surface area contributed by atoms with E-state index in [4.69, 9.17) is 4.74 Å². The van der Waals surface area contributed by atoms with Gasteiger partial charge in [-0.05, 0) is 65.8 Å². The second-order valence-corrected chi connectivity index (χ2v) is 6.87. The van der Waals surface area contributed by atoms with Crippen molar-refractivity contribution in [2.75, 3.05) is 20.2 Å². The van der Waals surface area contributed by atoms with Crippen LogP contribution in [0.2, 0.25) is 0 Å². The predicted octanol–water partition coefficient (Wildman–Crippen LogP) is 4.20. The molecule has 1 atom stereocenters. The van der Waals surface area contributed by atoms with Crippen LogP contribution in [0.5, 0.6) is 5.75 Å². The molecule has 1 aromatic carbocycles. The molecule has 0 saturated heterocycles. The molecule has 23 heavy (non-hydrogen) atoms. The van der Waals surface area contributed by atoms with Gasteiger partial charge in [-0.1, -0.05) is 6.92 Å². The molecular formula is C19H25NO2S. The lowest BCUT2D eigenvalue weighted by Crippen LogP contribution is -2.20. The molecule has 0 spiro atoms. The number of methoxy groups -OCH3 is 1. The van der Waals surface area contributed by atoms with Gasteiger partial charge in [0.25, 0.3) is 0 Å². The fraction of sp³-hybridized carbons (Fsp3) is 0.368. The van der Waals surface area contributed by atoms with Gasteiger partial charge in [0.15, 0.2) is 6.29 Å². The van der Waals surface area contributed by atoms with Crippen LogP contribution < -0.4 is 4.74 Å². The van der Waals surface area contributed by atoms with Crippen molar-refractivity contribution >= 4 is 22.1 Å². The van der Waals surface area contributed by atoms with E-state index >= 15 is 0 Å². The molecule has 0 bridgehead atoms. The molecule has 0 fully saturated rings.